The molecule has 1 heterocycles. The van der Waals surface area contributed by atoms with Crippen LogP contribution in [-0.2, 0) is 6.54 Å². The molecule has 1 aromatic heterocycles. The van der Waals surface area contributed by atoms with Gasteiger partial charge in [-0.2, -0.15) is 0 Å². The van der Waals surface area contributed by atoms with Crippen LogP contribution in [0.1, 0.15) is 5.56 Å². The highest BCUT2D eigenvalue weighted by atomic mass is 35.5. The molecule has 0 saturated carbocycles. The first-order valence-corrected chi connectivity index (χ1v) is 7.37. The molecule has 2 rings (SSSR count). The summed E-state index contributed by atoms with van der Waals surface area (Å²) in [7, 11) is 0. The number of aromatic nitrogens is 1. The molecule has 20 heavy (non-hydrogen) atoms. The standard InChI is InChI=1S/C13H12ClN3O2S/c1-20-11-4-2-9(3-5-11)7-15-13-12(17(18)19)6-10(14)8-16-13/h2-6,8H,7H2,1H3,(H,15,16). The summed E-state index contributed by atoms with van der Waals surface area (Å²) < 4.78 is 0. The van der Waals surface area contributed by atoms with E-state index in [9.17, 15) is 10.1 Å². The predicted molar refractivity (Wildman–Crippen MR) is 81.5 cm³/mol. The predicted octanol–water partition coefficient (Wildman–Crippen LogP) is 3.98. The minimum atomic E-state index is -0.502. The molecule has 2 aromatic rings. The molecule has 104 valence electrons. The van der Waals surface area contributed by atoms with E-state index in [1.54, 1.807) is 11.8 Å². The number of nitrogens with one attached hydrogen (secondary N) is 1. The van der Waals surface area contributed by atoms with Gasteiger partial charge in [0, 0.05) is 23.7 Å². The van der Waals surface area contributed by atoms with Gasteiger partial charge in [-0.25, -0.2) is 4.98 Å². The number of thioether (sulfide) groups is 1. The first-order valence-electron chi connectivity index (χ1n) is 5.77. The number of anilines is 1. The third-order valence-corrected chi connectivity index (χ3v) is 3.60. The molecule has 0 radical (unpaired) electrons. The van der Waals surface area contributed by atoms with Gasteiger partial charge in [0.15, 0.2) is 0 Å². The van der Waals surface area contributed by atoms with Crippen molar-refractivity contribution in [3.8, 4) is 0 Å². The van der Waals surface area contributed by atoms with Crippen molar-refractivity contribution in [2.75, 3.05) is 11.6 Å². The maximum Gasteiger partial charge on any atom is 0.312 e. The van der Waals surface area contributed by atoms with E-state index >= 15 is 0 Å². The van der Waals surface area contributed by atoms with E-state index in [0.717, 1.165) is 5.56 Å². The van der Waals surface area contributed by atoms with Crippen LogP contribution in [0.3, 0.4) is 0 Å². The number of hydrogen-bond acceptors (Lipinski definition) is 5. The zero-order valence-corrected chi connectivity index (χ0v) is 12.2. The van der Waals surface area contributed by atoms with Crippen molar-refractivity contribution in [1.82, 2.24) is 4.98 Å². The van der Waals surface area contributed by atoms with E-state index < -0.39 is 4.92 Å². The Bertz CT molecular complexity index is 620. The highest BCUT2D eigenvalue weighted by Crippen LogP contribution is 2.25. The highest BCUT2D eigenvalue weighted by molar-refractivity contribution is 7.98. The van der Waals surface area contributed by atoms with Crippen LogP contribution in [-0.4, -0.2) is 16.2 Å². The Morgan fingerprint density at radius 3 is 2.70 bits per heavy atom. The van der Waals surface area contributed by atoms with Crippen LogP contribution < -0.4 is 5.32 Å². The van der Waals surface area contributed by atoms with Gasteiger partial charge in [0.25, 0.3) is 0 Å². The van der Waals surface area contributed by atoms with Gasteiger partial charge in [-0.1, -0.05) is 23.7 Å². The Morgan fingerprint density at radius 2 is 2.10 bits per heavy atom. The van der Waals surface area contributed by atoms with Crippen LogP contribution in [0.4, 0.5) is 11.5 Å². The Balaban J connectivity index is 2.12. The maximum atomic E-state index is 10.9. The number of hydrogen-bond donors (Lipinski definition) is 1. The quantitative estimate of drug-likeness (QED) is 0.514. The summed E-state index contributed by atoms with van der Waals surface area (Å²) in [5.41, 5.74) is 0.895. The summed E-state index contributed by atoms with van der Waals surface area (Å²) >= 11 is 7.38. The van der Waals surface area contributed by atoms with Crippen molar-refractivity contribution in [1.29, 1.82) is 0 Å². The third-order valence-electron chi connectivity index (χ3n) is 2.65. The summed E-state index contributed by atoms with van der Waals surface area (Å²) in [6, 6.07) is 9.24. The largest absolute Gasteiger partial charge is 0.360 e. The summed E-state index contributed by atoms with van der Waals surface area (Å²) in [4.78, 5) is 15.6. The lowest BCUT2D eigenvalue weighted by molar-refractivity contribution is -0.384. The summed E-state index contributed by atoms with van der Waals surface area (Å²) in [5, 5.41) is 14.1. The summed E-state index contributed by atoms with van der Waals surface area (Å²) in [5.74, 6) is 0.216. The van der Waals surface area contributed by atoms with Crippen molar-refractivity contribution >= 4 is 34.9 Å². The molecule has 7 heteroatoms. The fourth-order valence-corrected chi connectivity index (χ4v) is 2.19. The monoisotopic (exact) mass is 309 g/mol. The Morgan fingerprint density at radius 1 is 1.40 bits per heavy atom. The van der Waals surface area contributed by atoms with Crippen LogP contribution in [0.5, 0.6) is 0 Å². The van der Waals surface area contributed by atoms with Gasteiger partial charge < -0.3 is 5.32 Å². The molecule has 0 spiro atoms. The molecule has 1 aromatic carbocycles. The normalized spacial score (nSPS) is 10.3. The number of rotatable bonds is 5. The molecule has 5 nitrogen and oxygen atoms in total. The van der Waals surface area contributed by atoms with Crippen molar-refractivity contribution in [3.63, 3.8) is 0 Å². The molecule has 1 N–H and O–H groups in total. The summed E-state index contributed by atoms with van der Waals surface area (Å²) in [6.45, 7) is 0.462. The number of nitro groups is 1. The molecular formula is C13H12ClN3O2S. The van der Waals surface area contributed by atoms with Gasteiger partial charge in [-0.3, -0.25) is 10.1 Å². The molecular weight excluding hydrogens is 298 g/mol. The minimum absolute atomic E-state index is 0.127. The van der Waals surface area contributed by atoms with Gasteiger partial charge in [0.1, 0.15) is 0 Å². The second kappa shape index (κ2) is 6.58. The second-order valence-corrected chi connectivity index (χ2v) is 5.30. The van der Waals surface area contributed by atoms with Crippen molar-refractivity contribution in [3.05, 3.63) is 57.2 Å². The van der Waals surface area contributed by atoms with Crippen molar-refractivity contribution in [2.24, 2.45) is 0 Å². The van der Waals surface area contributed by atoms with Gasteiger partial charge in [0.05, 0.1) is 9.95 Å². The van der Waals surface area contributed by atoms with Crippen molar-refractivity contribution < 1.29 is 4.92 Å². The molecule has 0 saturated heterocycles. The minimum Gasteiger partial charge on any atom is -0.360 e. The lowest BCUT2D eigenvalue weighted by atomic mass is 10.2. The average molecular weight is 310 g/mol. The van der Waals surface area contributed by atoms with Crippen LogP contribution in [0.25, 0.3) is 0 Å². The maximum absolute atomic E-state index is 10.9. The topological polar surface area (TPSA) is 68.1 Å². The number of nitrogens with zero attached hydrogens (tertiary/aromatic N) is 2. The van der Waals surface area contributed by atoms with Crippen molar-refractivity contribution in [2.45, 2.75) is 11.4 Å². The van der Waals surface area contributed by atoms with E-state index in [-0.39, 0.29) is 16.5 Å². The van der Waals surface area contributed by atoms with Crippen LogP contribution >= 0.6 is 23.4 Å². The van der Waals surface area contributed by atoms with Crippen LogP contribution in [0.2, 0.25) is 5.02 Å². The Kier molecular flexibility index (Phi) is 4.81. The molecule has 0 amide bonds. The molecule has 0 aliphatic rings. The lowest BCUT2D eigenvalue weighted by Crippen LogP contribution is -2.04. The van der Waals surface area contributed by atoms with Gasteiger partial charge in [0.2, 0.25) is 5.82 Å². The zero-order valence-electron chi connectivity index (χ0n) is 10.7. The Hall–Kier alpha value is -1.79. The first-order chi connectivity index (χ1) is 9.60. The third kappa shape index (κ3) is 3.61. The molecule has 0 aliphatic heterocycles. The van der Waals surface area contributed by atoms with Gasteiger partial charge >= 0.3 is 5.69 Å². The molecule has 0 atom stereocenters. The molecule has 0 aliphatic carbocycles. The Labute approximate surface area is 125 Å². The first kappa shape index (κ1) is 14.6. The second-order valence-electron chi connectivity index (χ2n) is 3.98. The average Bonchev–Trinajstić information content (AvgIpc) is 2.46. The summed E-state index contributed by atoms with van der Waals surface area (Å²) in [6.07, 6.45) is 3.39. The van der Waals surface area contributed by atoms with Gasteiger partial charge in [-0.15, -0.1) is 11.8 Å². The van der Waals surface area contributed by atoms with Crippen LogP contribution in [0, 0.1) is 10.1 Å². The van der Waals surface area contributed by atoms with Gasteiger partial charge in [-0.05, 0) is 24.0 Å². The smallest absolute Gasteiger partial charge is 0.312 e. The molecule has 0 fully saturated rings. The van der Waals surface area contributed by atoms with E-state index in [4.69, 9.17) is 11.6 Å². The fourth-order valence-electron chi connectivity index (χ4n) is 1.63. The fraction of sp³-hybridized carbons (Fsp3) is 0.154. The number of benzene rings is 1. The van der Waals surface area contributed by atoms with E-state index in [0.29, 0.717) is 6.54 Å². The molecule has 0 bridgehead atoms. The lowest BCUT2D eigenvalue weighted by Gasteiger charge is -2.07. The van der Waals surface area contributed by atoms with E-state index in [2.05, 4.69) is 10.3 Å². The SMILES string of the molecule is CSc1ccc(CNc2ncc(Cl)cc2[N+](=O)[O-])cc1. The zero-order chi connectivity index (χ0) is 14.5. The number of pyridine rings is 1. The molecule has 0 unspecified atom stereocenters. The van der Waals surface area contributed by atoms with E-state index in [1.807, 2.05) is 30.5 Å². The van der Waals surface area contributed by atoms with Crippen LogP contribution in [0.15, 0.2) is 41.4 Å². The highest BCUT2D eigenvalue weighted by Gasteiger charge is 2.15. The number of halogens is 1. The van der Waals surface area contributed by atoms with E-state index in [1.165, 1.54) is 17.2 Å².